The Hall–Kier alpha value is -3.43. The Labute approximate surface area is 211 Å². The number of nitrogens with zero attached hydrogens (tertiary/aromatic N) is 5. The molecule has 2 aromatic rings. The number of carbonyl (C=O) groups is 1. The normalized spacial score (nSPS) is 26.0. The van der Waals surface area contributed by atoms with Crippen LogP contribution in [0.25, 0.3) is 0 Å². The molecule has 2 aromatic heterocycles. The summed E-state index contributed by atoms with van der Waals surface area (Å²) < 4.78 is 83.6. The standard InChI is InChI=1S/C22H23F6N7O3/c1-10(32-14-6-31-33-18(36)16(14)22(26,27)28)9-38-15-2-3-35(19(15)37)17-12-7-34(8-13(12)17)20-29-4-11(5-30-20)21(23,24)25/h4-6,10,12-13,15,17H,2-3,7-9H2,1H3,(H2,32,33,36)/t10-,12+,13+,15-/m0/s1. The number of hydrogen-bond donors (Lipinski definition) is 2. The van der Waals surface area contributed by atoms with Gasteiger partial charge in [-0.1, -0.05) is 0 Å². The van der Waals surface area contributed by atoms with Crippen LogP contribution in [0.5, 0.6) is 0 Å². The van der Waals surface area contributed by atoms with Crippen LogP contribution < -0.4 is 15.8 Å². The number of fused-ring (bicyclic) bond motifs is 1. The molecule has 3 fully saturated rings. The van der Waals surface area contributed by atoms with Crippen LogP contribution in [0, 0.1) is 11.8 Å². The third-order valence-electron chi connectivity index (χ3n) is 7.04. The molecule has 0 aromatic carbocycles. The van der Waals surface area contributed by atoms with E-state index in [1.54, 1.807) is 21.8 Å². The number of aromatic amines is 1. The van der Waals surface area contributed by atoms with E-state index < -0.39 is 46.9 Å². The van der Waals surface area contributed by atoms with Gasteiger partial charge < -0.3 is 19.9 Å². The summed E-state index contributed by atoms with van der Waals surface area (Å²) in [6.07, 6.45) is -7.33. The summed E-state index contributed by atoms with van der Waals surface area (Å²) in [4.78, 5) is 35.7. The molecular formula is C22H23F6N7O3. The van der Waals surface area contributed by atoms with Crippen LogP contribution in [-0.2, 0) is 21.9 Å². The van der Waals surface area contributed by atoms with Crippen LogP contribution in [0.1, 0.15) is 24.5 Å². The number of anilines is 2. The van der Waals surface area contributed by atoms with Crippen molar-refractivity contribution in [1.29, 1.82) is 0 Å². The molecule has 5 rings (SSSR count). The molecule has 0 unspecified atom stereocenters. The second kappa shape index (κ2) is 9.39. The fourth-order valence-corrected chi connectivity index (χ4v) is 5.23. The average Bonchev–Trinajstić information content (AvgIpc) is 3.13. The molecule has 206 valence electrons. The second-order valence-corrected chi connectivity index (χ2v) is 9.67. The van der Waals surface area contributed by atoms with Crippen molar-refractivity contribution in [2.45, 2.75) is 43.9 Å². The van der Waals surface area contributed by atoms with Gasteiger partial charge in [-0.15, -0.1) is 0 Å². The quantitative estimate of drug-likeness (QED) is 0.507. The summed E-state index contributed by atoms with van der Waals surface area (Å²) in [7, 11) is 0. The lowest BCUT2D eigenvalue weighted by atomic mass is 10.2. The molecule has 2 aliphatic heterocycles. The van der Waals surface area contributed by atoms with E-state index in [1.165, 1.54) is 0 Å². The zero-order chi connectivity index (χ0) is 27.4. The van der Waals surface area contributed by atoms with Gasteiger partial charge >= 0.3 is 12.4 Å². The van der Waals surface area contributed by atoms with E-state index in [1.807, 2.05) is 0 Å². The van der Waals surface area contributed by atoms with E-state index in [2.05, 4.69) is 20.4 Å². The Morgan fingerprint density at radius 3 is 2.34 bits per heavy atom. The Morgan fingerprint density at radius 1 is 1.08 bits per heavy atom. The van der Waals surface area contributed by atoms with Crippen molar-refractivity contribution < 1.29 is 35.9 Å². The first-order chi connectivity index (χ1) is 17.8. The lowest BCUT2D eigenvalue weighted by molar-refractivity contribution is -0.139. The van der Waals surface area contributed by atoms with Crippen LogP contribution >= 0.6 is 0 Å². The van der Waals surface area contributed by atoms with Crippen molar-refractivity contribution >= 4 is 17.5 Å². The van der Waals surface area contributed by atoms with Crippen LogP contribution in [0.4, 0.5) is 38.0 Å². The predicted molar refractivity (Wildman–Crippen MR) is 119 cm³/mol. The predicted octanol–water partition coefficient (Wildman–Crippen LogP) is 2.15. The topological polar surface area (TPSA) is 116 Å². The molecule has 0 bridgehead atoms. The monoisotopic (exact) mass is 547 g/mol. The van der Waals surface area contributed by atoms with Gasteiger partial charge in [0.2, 0.25) is 5.95 Å². The third-order valence-corrected chi connectivity index (χ3v) is 7.04. The number of ether oxygens (including phenoxy) is 1. The second-order valence-electron chi connectivity index (χ2n) is 9.67. The number of nitrogens with one attached hydrogen (secondary N) is 2. The van der Waals surface area contributed by atoms with Crippen molar-refractivity contribution in [2.24, 2.45) is 11.8 Å². The average molecular weight is 547 g/mol. The minimum Gasteiger partial charge on any atom is -0.378 e. The summed E-state index contributed by atoms with van der Waals surface area (Å²) in [6.45, 7) is 2.98. The minimum absolute atomic E-state index is 0.00573. The highest BCUT2D eigenvalue weighted by Gasteiger charge is 2.61. The number of hydrogen-bond acceptors (Lipinski definition) is 8. The molecule has 38 heavy (non-hydrogen) atoms. The van der Waals surface area contributed by atoms with Crippen molar-refractivity contribution in [3.05, 3.63) is 40.1 Å². The van der Waals surface area contributed by atoms with Gasteiger partial charge in [0.05, 0.1) is 24.1 Å². The summed E-state index contributed by atoms with van der Waals surface area (Å²) in [5.41, 5.74) is -4.16. The molecule has 1 saturated carbocycles. The largest absolute Gasteiger partial charge is 0.423 e. The smallest absolute Gasteiger partial charge is 0.378 e. The van der Waals surface area contributed by atoms with Gasteiger partial charge in [0.1, 0.15) is 11.7 Å². The lowest BCUT2D eigenvalue weighted by Gasteiger charge is -2.24. The number of rotatable bonds is 7. The van der Waals surface area contributed by atoms with Gasteiger partial charge in [0.25, 0.3) is 11.5 Å². The highest BCUT2D eigenvalue weighted by Crippen LogP contribution is 2.50. The van der Waals surface area contributed by atoms with E-state index >= 15 is 0 Å². The Morgan fingerprint density at radius 2 is 1.74 bits per heavy atom. The number of alkyl halides is 6. The number of H-pyrrole nitrogens is 1. The maximum Gasteiger partial charge on any atom is 0.423 e. The summed E-state index contributed by atoms with van der Waals surface area (Å²) in [5.74, 6) is 0.300. The molecule has 16 heteroatoms. The van der Waals surface area contributed by atoms with E-state index in [-0.39, 0.29) is 36.3 Å². The van der Waals surface area contributed by atoms with Gasteiger partial charge in [-0.2, -0.15) is 31.4 Å². The maximum absolute atomic E-state index is 13.2. The van der Waals surface area contributed by atoms with Crippen LogP contribution in [0.15, 0.2) is 23.4 Å². The fraction of sp³-hybridized carbons (Fsp3) is 0.591. The number of likely N-dealkylation sites (tertiary alicyclic amines) is 1. The third kappa shape index (κ3) is 5.00. The zero-order valence-electron chi connectivity index (χ0n) is 19.9. The summed E-state index contributed by atoms with van der Waals surface area (Å²) >= 11 is 0. The molecule has 3 aliphatic rings. The van der Waals surface area contributed by atoms with Crippen molar-refractivity contribution in [2.75, 3.05) is 36.5 Å². The highest BCUT2D eigenvalue weighted by atomic mass is 19.4. The van der Waals surface area contributed by atoms with Crippen LogP contribution in [0.2, 0.25) is 0 Å². The number of aromatic nitrogens is 4. The number of amides is 1. The fourth-order valence-electron chi connectivity index (χ4n) is 5.23. The summed E-state index contributed by atoms with van der Waals surface area (Å²) in [5, 5.41) is 7.74. The van der Waals surface area contributed by atoms with Gasteiger partial charge in [-0.05, 0) is 6.92 Å². The van der Waals surface area contributed by atoms with Gasteiger partial charge in [0, 0.05) is 62.4 Å². The molecule has 10 nitrogen and oxygen atoms in total. The highest BCUT2D eigenvalue weighted by molar-refractivity contribution is 5.84. The van der Waals surface area contributed by atoms with E-state index in [9.17, 15) is 35.9 Å². The molecule has 4 heterocycles. The molecule has 1 amide bonds. The zero-order valence-corrected chi connectivity index (χ0v) is 19.9. The van der Waals surface area contributed by atoms with Crippen LogP contribution in [0.3, 0.4) is 0 Å². The van der Waals surface area contributed by atoms with Crippen molar-refractivity contribution in [1.82, 2.24) is 25.1 Å². The number of halogens is 6. The Kier molecular flexibility index (Phi) is 6.47. The molecule has 2 N–H and O–H groups in total. The molecule has 0 spiro atoms. The Balaban J connectivity index is 1.11. The first kappa shape index (κ1) is 26.2. The molecular weight excluding hydrogens is 524 g/mol. The number of carbonyl (C=O) groups excluding carboxylic acids is 1. The van der Waals surface area contributed by atoms with Gasteiger partial charge in [-0.3, -0.25) is 9.59 Å². The molecule has 2 saturated heterocycles. The number of piperidine rings is 1. The lowest BCUT2D eigenvalue weighted by Crippen LogP contribution is -2.39. The first-order valence-electron chi connectivity index (χ1n) is 11.8. The maximum atomic E-state index is 13.2. The molecule has 4 atom stereocenters. The van der Waals surface area contributed by atoms with Crippen LogP contribution in [-0.4, -0.2) is 75.4 Å². The Bertz CT molecular complexity index is 1240. The van der Waals surface area contributed by atoms with E-state index in [4.69, 9.17) is 4.74 Å². The first-order valence-corrected chi connectivity index (χ1v) is 11.8. The van der Waals surface area contributed by atoms with E-state index in [0.29, 0.717) is 26.1 Å². The van der Waals surface area contributed by atoms with E-state index in [0.717, 1.165) is 18.6 Å². The molecule has 0 radical (unpaired) electrons. The minimum atomic E-state index is -4.88. The van der Waals surface area contributed by atoms with Crippen molar-refractivity contribution in [3.8, 4) is 0 Å². The van der Waals surface area contributed by atoms with Gasteiger partial charge in [-0.25, -0.2) is 15.1 Å². The SMILES string of the molecule is C[C@@H](CO[C@H]1CCN(C2[C@@H]3CN(c4ncc(C(F)(F)F)cn4)C[C@@H]23)C1=O)Nc1cn[nH]c(=O)c1C(F)(F)F. The molecule has 1 aliphatic carbocycles. The van der Waals surface area contributed by atoms with Crippen molar-refractivity contribution in [3.63, 3.8) is 0 Å². The van der Waals surface area contributed by atoms with Gasteiger partial charge in [0.15, 0.2) is 0 Å². The summed E-state index contributed by atoms with van der Waals surface area (Å²) in [6, 6.07) is -0.659.